The molecule has 4 nitrogen and oxygen atoms in total. The second-order valence-corrected chi connectivity index (χ2v) is 13.1. The Morgan fingerprint density at radius 2 is 1.94 bits per heavy atom. The molecule has 0 amide bonds. The summed E-state index contributed by atoms with van der Waals surface area (Å²) in [7, 11) is -3.24. The summed E-state index contributed by atoms with van der Waals surface area (Å²) in [5, 5.41) is 20.2. The third-order valence-corrected chi connectivity index (χ3v) is 10.4. The number of allylic oxidation sites excluding steroid dienone is 5. The highest BCUT2D eigenvalue weighted by atomic mass is 32.2. The van der Waals surface area contributed by atoms with Crippen LogP contribution in [0.4, 0.5) is 0 Å². The zero-order valence-electron chi connectivity index (χ0n) is 21.1. The van der Waals surface area contributed by atoms with Gasteiger partial charge in [-0.2, -0.15) is 0 Å². The fourth-order valence-electron chi connectivity index (χ4n) is 6.56. The number of rotatable bonds is 7. The van der Waals surface area contributed by atoms with Crippen LogP contribution in [0, 0.1) is 17.3 Å². The average molecular weight is 497 g/mol. The van der Waals surface area contributed by atoms with Crippen molar-refractivity contribution in [2.45, 2.75) is 82.3 Å². The molecule has 2 unspecified atom stereocenters. The van der Waals surface area contributed by atoms with Crippen LogP contribution >= 0.6 is 0 Å². The first-order valence-electron chi connectivity index (χ1n) is 13.0. The van der Waals surface area contributed by atoms with Crippen molar-refractivity contribution >= 4 is 9.84 Å². The number of hydrogen-bond acceptors (Lipinski definition) is 4. The van der Waals surface area contributed by atoms with Crippen molar-refractivity contribution in [1.82, 2.24) is 0 Å². The molecule has 3 aliphatic rings. The average Bonchev–Trinajstić information content (AvgIpc) is 3.18. The van der Waals surface area contributed by atoms with E-state index in [2.05, 4.69) is 38.7 Å². The maximum atomic E-state index is 12.7. The number of fused-ring (bicyclic) bond motifs is 1. The van der Waals surface area contributed by atoms with E-state index in [1.165, 1.54) is 11.1 Å². The molecule has 0 saturated heterocycles. The molecule has 5 heteroatoms. The van der Waals surface area contributed by atoms with Gasteiger partial charge in [0.15, 0.2) is 9.84 Å². The summed E-state index contributed by atoms with van der Waals surface area (Å²) in [5.74, 6) is 1.01. The van der Waals surface area contributed by atoms with Crippen LogP contribution in [-0.4, -0.2) is 36.6 Å². The monoisotopic (exact) mass is 496 g/mol. The smallest absolute Gasteiger partial charge is 0.178 e. The first kappa shape index (κ1) is 26.1. The molecule has 0 radical (unpaired) electrons. The molecule has 4 rings (SSSR count). The third kappa shape index (κ3) is 5.58. The third-order valence-electron chi connectivity index (χ3n) is 8.56. The normalized spacial score (nSPS) is 32.5. The lowest BCUT2D eigenvalue weighted by atomic mass is 9.62. The van der Waals surface area contributed by atoms with E-state index in [1.807, 2.05) is 6.07 Å². The van der Waals surface area contributed by atoms with Crippen molar-refractivity contribution in [3.63, 3.8) is 0 Å². The first-order valence-corrected chi connectivity index (χ1v) is 14.7. The molecule has 2 N–H and O–H groups in total. The highest BCUT2D eigenvalue weighted by molar-refractivity contribution is 7.91. The maximum absolute atomic E-state index is 12.7. The van der Waals surface area contributed by atoms with E-state index in [0.29, 0.717) is 36.0 Å². The summed E-state index contributed by atoms with van der Waals surface area (Å²) >= 11 is 0. The molecule has 2 fully saturated rings. The minimum absolute atomic E-state index is 0.114. The van der Waals surface area contributed by atoms with Gasteiger partial charge in [0.25, 0.3) is 0 Å². The standard InChI is InChI=1S/C30H40O4S/c1-21(9-8-18-35(33,34)26-11-5-4-6-12-26)27-15-16-28-23(10-7-17-30(27,28)3)13-14-24-19-25(31)20-29(32)22(24)2/h4-6,11-15,21,25,28-29,31-32H,2,7-10,16-20H2,1,3H3/b23-13+,24-14-/t21-,25?,28+,29-,30?/m1/s1. The van der Waals surface area contributed by atoms with Gasteiger partial charge < -0.3 is 10.2 Å². The summed E-state index contributed by atoms with van der Waals surface area (Å²) in [6, 6.07) is 8.75. The Morgan fingerprint density at radius 1 is 1.20 bits per heavy atom. The van der Waals surface area contributed by atoms with Crippen molar-refractivity contribution in [1.29, 1.82) is 0 Å². The van der Waals surface area contributed by atoms with Gasteiger partial charge in [0.2, 0.25) is 0 Å². The lowest BCUT2D eigenvalue weighted by Crippen LogP contribution is -2.32. The molecule has 5 atom stereocenters. The van der Waals surface area contributed by atoms with Crippen LogP contribution in [0.15, 0.2) is 82.3 Å². The molecule has 0 aromatic heterocycles. The Bertz CT molecular complexity index is 1130. The predicted molar refractivity (Wildman–Crippen MR) is 142 cm³/mol. The predicted octanol–water partition coefficient (Wildman–Crippen LogP) is 5.94. The Kier molecular flexibility index (Phi) is 7.89. The van der Waals surface area contributed by atoms with Crippen molar-refractivity contribution < 1.29 is 18.6 Å². The zero-order valence-corrected chi connectivity index (χ0v) is 21.9. The summed E-state index contributed by atoms with van der Waals surface area (Å²) in [6.45, 7) is 8.69. The molecule has 3 aliphatic carbocycles. The van der Waals surface area contributed by atoms with Gasteiger partial charge in [0.05, 0.1) is 22.9 Å². The molecule has 2 saturated carbocycles. The van der Waals surface area contributed by atoms with Gasteiger partial charge in [-0.05, 0) is 85.5 Å². The molecule has 0 aliphatic heterocycles. The summed E-state index contributed by atoms with van der Waals surface area (Å²) in [6.07, 6.45) is 12.4. The van der Waals surface area contributed by atoms with Crippen LogP contribution in [0.25, 0.3) is 0 Å². The van der Waals surface area contributed by atoms with Gasteiger partial charge in [0.1, 0.15) is 0 Å². The fraction of sp³-hybridized carbons (Fsp3) is 0.533. The van der Waals surface area contributed by atoms with Crippen molar-refractivity contribution in [2.75, 3.05) is 5.75 Å². The molecule has 0 bridgehead atoms. The summed E-state index contributed by atoms with van der Waals surface area (Å²) in [5.41, 5.74) is 4.73. The van der Waals surface area contributed by atoms with Crippen LogP contribution in [0.3, 0.4) is 0 Å². The second-order valence-electron chi connectivity index (χ2n) is 11.0. The quantitative estimate of drug-likeness (QED) is 0.458. The second kappa shape index (κ2) is 10.6. The van der Waals surface area contributed by atoms with E-state index in [4.69, 9.17) is 0 Å². The Morgan fingerprint density at radius 3 is 2.69 bits per heavy atom. The Labute approximate surface area is 211 Å². The minimum atomic E-state index is -3.24. The largest absolute Gasteiger partial charge is 0.393 e. The van der Waals surface area contributed by atoms with Crippen LogP contribution in [0.1, 0.15) is 65.2 Å². The van der Waals surface area contributed by atoms with Crippen LogP contribution in [0.5, 0.6) is 0 Å². The summed E-state index contributed by atoms with van der Waals surface area (Å²) in [4.78, 5) is 0.414. The zero-order chi connectivity index (χ0) is 25.2. The van der Waals surface area contributed by atoms with E-state index in [9.17, 15) is 18.6 Å². The number of sulfone groups is 1. The minimum Gasteiger partial charge on any atom is -0.393 e. The maximum Gasteiger partial charge on any atom is 0.178 e. The van der Waals surface area contributed by atoms with E-state index in [1.54, 1.807) is 24.3 Å². The van der Waals surface area contributed by atoms with Crippen LogP contribution in [-0.2, 0) is 9.84 Å². The topological polar surface area (TPSA) is 74.6 Å². The van der Waals surface area contributed by atoms with Gasteiger partial charge >= 0.3 is 0 Å². The highest BCUT2D eigenvalue weighted by Gasteiger charge is 2.45. The number of hydrogen-bond donors (Lipinski definition) is 2. The van der Waals surface area contributed by atoms with Gasteiger partial charge in [-0.25, -0.2) is 8.42 Å². The van der Waals surface area contributed by atoms with Gasteiger partial charge in [-0.1, -0.05) is 68.0 Å². The molecule has 0 spiro atoms. The van der Waals surface area contributed by atoms with Crippen molar-refractivity contribution in [2.24, 2.45) is 17.3 Å². The van der Waals surface area contributed by atoms with Crippen molar-refractivity contribution in [3.05, 3.63) is 77.4 Å². The first-order chi connectivity index (χ1) is 16.6. The van der Waals surface area contributed by atoms with E-state index in [0.717, 1.165) is 43.3 Å². The fourth-order valence-corrected chi connectivity index (χ4v) is 7.92. The number of benzene rings is 1. The lowest BCUT2D eigenvalue weighted by Gasteiger charge is -2.42. The van der Waals surface area contributed by atoms with Gasteiger partial charge in [-0.3, -0.25) is 0 Å². The molecule has 1 aromatic rings. The SMILES string of the molecule is C=C1/C(=C\C=C2/CCCC3(C)C([C@H](C)CCCS(=O)(=O)c4ccccc4)=CC[C@@H]23)CC(O)C[C@H]1O. The van der Waals surface area contributed by atoms with Gasteiger partial charge in [-0.15, -0.1) is 0 Å². The van der Waals surface area contributed by atoms with Crippen molar-refractivity contribution in [3.8, 4) is 0 Å². The van der Waals surface area contributed by atoms with Gasteiger partial charge in [0, 0.05) is 6.42 Å². The van der Waals surface area contributed by atoms with E-state index in [-0.39, 0.29) is 11.2 Å². The van der Waals surface area contributed by atoms with E-state index >= 15 is 0 Å². The highest BCUT2D eigenvalue weighted by Crippen LogP contribution is 2.57. The molecular weight excluding hydrogens is 456 g/mol. The molecule has 35 heavy (non-hydrogen) atoms. The number of aliphatic hydroxyl groups excluding tert-OH is 2. The molecule has 190 valence electrons. The molecule has 1 aromatic carbocycles. The Balaban J connectivity index is 1.41. The van der Waals surface area contributed by atoms with Crippen LogP contribution in [0.2, 0.25) is 0 Å². The summed E-state index contributed by atoms with van der Waals surface area (Å²) < 4.78 is 25.3. The molecule has 0 heterocycles. The van der Waals surface area contributed by atoms with Crippen LogP contribution < -0.4 is 0 Å². The lowest BCUT2D eigenvalue weighted by molar-refractivity contribution is 0.0862. The molecular formula is C30H40O4S. The van der Waals surface area contributed by atoms with E-state index < -0.39 is 22.0 Å². The number of aliphatic hydroxyl groups is 2. The Hall–Kier alpha value is -1.95.